The molecule has 3 N–H and O–H groups in total. The smallest absolute Gasteiger partial charge is 0.140 e. The number of thiocarbonyl (C=S) groups is 1. The molecule has 2 rings (SSSR count). The van der Waals surface area contributed by atoms with Crippen molar-refractivity contribution in [1.29, 1.82) is 0 Å². The van der Waals surface area contributed by atoms with E-state index in [1.165, 1.54) is 0 Å². The van der Waals surface area contributed by atoms with Gasteiger partial charge in [0.1, 0.15) is 10.8 Å². The summed E-state index contributed by atoms with van der Waals surface area (Å²) in [7, 11) is 0. The molecule has 0 spiro atoms. The van der Waals surface area contributed by atoms with Gasteiger partial charge in [0.2, 0.25) is 0 Å². The number of pyridine rings is 1. The maximum Gasteiger partial charge on any atom is 0.140 e. The van der Waals surface area contributed by atoms with Gasteiger partial charge >= 0.3 is 0 Å². The zero-order valence-electron chi connectivity index (χ0n) is 9.15. The Morgan fingerprint density at radius 1 is 1.33 bits per heavy atom. The molecule has 0 unspecified atom stereocenters. The van der Waals surface area contributed by atoms with Crippen molar-refractivity contribution in [3.63, 3.8) is 0 Å². The first kappa shape index (κ1) is 13.3. The Morgan fingerprint density at radius 2 is 2.11 bits per heavy atom. The third-order valence-corrected chi connectivity index (χ3v) is 3.90. The highest BCUT2D eigenvalue weighted by Gasteiger charge is 2.09. The van der Waals surface area contributed by atoms with Crippen LogP contribution in [0, 0.1) is 0 Å². The number of rotatable bonds is 3. The summed E-state index contributed by atoms with van der Waals surface area (Å²) in [5.74, 6) is 0.605. The summed E-state index contributed by atoms with van der Waals surface area (Å²) in [5, 5.41) is 3.77. The van der Waals surface area contributed by atoms with Crippen molar-refractivity contribution in [1.82, 2.24) is 4.98 Å². The molecule has 0 saturated heterocycles. The largest absolute Gasteiger partial charge is 0.389 e. The average Bonchev–Trinajstić information content (AvgIpc) is 2.35. The molecule has 3 nitrogen and oxygen atoms in total. The number of nitrogens with zero attached hydrogens (tertiary/aromatic N) is 1. The Balaban J connectivity index is 2.40. The molecule has 0 aliphatic rings. The zero-order valence-corrected chi connectivity index (χ0v) is 12.3. The first-order valence-corrected chi connectivity index (χ1v) is 6.63. The van der Waals surface area contributed by atoms with E-state index in [1.54, 1.807) is 18.3 Å². The summed E-state index contributed by atoms with van der Waals surface area (Å²) >= 11 is 14.4. The number of nitrogens with two attached hydrogens (primary N) is 1. The van der Waals surface area contributed by atoms with Gasteiger partial charge in [-0.15, -0.1) is 0 Å². The monoisotopic (exact) mass is 341 g/mol. The molecule has 0 saturated carbocycles. The van der Waals surface area contributed by atoms with Gasteiger partial charge in [0.15, 0.2) is 0 Å². The quantitative estimate of drug-likeness (QED) is 0.831. The number of hydrogen-bond donors (Lipinski definition) is 2. The zero-order chi connectivity index (χ0) is 13.1. The van der Waals surface area contributed by atoms with E-state index >= 15 is 0 Å². The molecule has 0 aliphatic carbocycles. The second-order valence-electron chi connectivity index (χ2n) is 3.49. The van der Waals surface area contributed by atoms with Crippen LogP contribution in [0.2, 0.25) is 5.02 Å². The van der Waals surface area contributed by atoms with Gasteiger partial charge in [-0.1, -0.05) is 29.9 Å². The fraction of sp³-hybridized carbons (Fsp3) is 0. The van der Waals surface area contributed by atoms with Gasteiger partial charge in [-0.2, -0.15) is 0 Å². The van der Waals surface area contributed by atoms with Crippen LogP contribution in [0.25, 0.3) is 0 Å². The van der Waals surface area contributed by atoms with Gasteiger partial charge in [-0.05, 0) is 40.2 Å². The third-order valence-electron chi connectivity index (χ3n) is 2.28. The van der Waals surface area contributed by atoms with Crippen LogP contribution in [0.3, 0.4) is 0 Å². The first-order chi connectivity index (χ1) is 8.59. The Kier molecular flexibility index (Phi) is 4.16. The Bertz CT molecular complexity index is 604. The lowest BCUT2D eigenvalue weighted by atomic mass is 10.2. The van der Waals surface area contributed by atoms with E-state index in [1.807, 2.05) is 18.2 Å². The standard InChI is InChI=1S/C12H9BrClN3S/c13-10-8(14)4-1-5-9(10)17-12-7(11(15)18)3-2-6-16-12/h1-6H,(H2,15,18)(H,16,17). The molecule has 18 heavy (non-hydrogen) atoms. The molecular weight excluding hydrogens is 334 g/mol. The minimum absolute atomic E-state index is 0.295. The van der Waals surface area contributed by atoms with Gasteiger partial charge in [-0.3, -0.25) is 0 Å². The van der Waals surface area contributed by atoms with E-state index in [0.29, 0.717) is 21.4 Å². The van der Waals surface area contributed by atoms with Gasteiger partial charge in [0.05, 0.1) is 20.7 Å². The average molecular weight is 343 g/mol. The highest BCUT2D eigenvalue weighted by molar-refractivity contribution is 9.10. The van der Waals surface area contributed by atoms with Crippen LogP contribution in [-0.2, 0) is 0 Å². The van der Waals surface area contributed by atoms with Gasteiger partial charge in [-0.25, -0.2) is 4.98 Å². The van der Waals surface area contributed by atoms with Crippen molar-refractivity contribution in [2.75, 3.05) is 5.32 Å². The Labute approximate surface area is 123 Å². The van der Waals surface area contributed by atoms with Crippen molar-refractivity contribution in [3.8, 4) is 0 Å². The number of aromatic nitrogens is 1. The molecule has 0 fully saturated rings. The van der Waals surface area contributed by atoms with Crippen molar-refractivity contribution >= 4 is 56.2 Å². The summed E-state index contributed by atoms with van der Waals surface area (Å²) in [6, 6.07) is 9.12. The van der Waals surface area contributed by atoms with Crippen LogP contribution in [-0.4, -0.2) is 9.97 Å². The molecule has 0 bridgehead atoms. The summed E-state index contributed by atoms with van der Waals surface area (Å²) < 4.78 is 0.770. The van der Waals surface area contributed by atoms with E-state index in [9.17, 15) is 0 Å². The maximum atomic E-state index is 6.02. The number of benzene rings is 1. The predicted octanol–water partition coefficient (Wildman–Crippen LogP) is 3.88. The molecule has 1 aromatic heterocycles. The lowest BCUT2D eigenvalue weighted by molar-refractivity contribution is 1.29. The minimum atomic E-state index is 0.295. The molecule has 6 heteroatoms. The van der Waals surface area contributed by atoms with Crippen LogP contribution in [0.5, 0.6) is 0 Å². The molecule has 0 amide bonds. The van der Waals surface area contributed by atoms with Gasteiger partial charge in [0, 0.05) is 6.20 Å². The number of nitrogens with one attached hydrogen (secondary N) is 1. The van der Waals surface area contributed by atoms with Crippen LogP contribution in [0.1, 0.15) is 5.56 Å². The van der Waals surface area contributed by atoms with Crippen molar-refractivity contribution in [2.45, 2.75) is 0 Å². The molecule has 2 aromatic rings. The molecule has 0 atom stereocenters. The predicted molar refractivity (Wildman–Crippen MR) is 82.6 cm³/mol. The van der Waals surface area contributed by atoms with Crippen LogP contribution in [0.4, 0.5) is 11.5 Å². The molecule has 0 aliphatic heterocycles. The summed E-state index contributed by atoms with van der Waals surface area (Å²) in [5.41, 5.74) is 7.15. The van der Waals surface area contributed by atoms with Crippen LogP contribution in [0.15, 0.2) is 41.0 Å². The molecule has 0 radical (unpaired) electrons. The van der Waals surface area contributed by atoms with Gasteiger partial charge in [0.25, 0.3) is 0 Å². The third kappa shape index (κ3) is 2.80. The highest BCUT2D eigenvalue weighted by Crippen LogP contribution is 2.32. The van der Waals surface area contributed by atoms with E-state index in [4.69, 9.17) is 29.6 Å². The van der Waals surface area contributed by atoms with Crippen molar-refractivity contribution in [3.05, 3.63) is 51.6 Å². The SMILES string of the molecule is NC(=S)c1cccnc1Nc1cccc(Cl)c1Br. The van der Waals surface area contributed by atoms with E-state index in [0.717, 1.165) is 10.2 Å². The second kappa shape index (κ2) is 5.65. The molecule has 92 valence electrons. The number of anilines is 2. The Morgan fingerprint density at radius 3 is 2.83 bits per heavy atom. The van der Waals surface area contributed by atoms with E-state index < -0.39 is 0 Å². The van der Waals surface area contributed by atoms with E-state index in [2.05, 4.69) is 26.2 Å². The summed E-state index contributed by atoms with van der Waals surface area (Å²) in [6.45, 7) is 0. The van der Waals surface area contributed by atoms with Crippen LogP contribution < -0.4 is 11.1 Å². The molecule has 1 aromatic carbocycles. The molecular formula is C12H9BrClN3S. The minimum Gasteiger partial charge on any atom is -0.389 e. The summed E-state index contributed by atoms with van der Waals surface area (Å²) in [6.07, 6.45) is 1.67. The van der Waals surface area contributed by atoms with Crippen LogP contribution >= 0.6 is 39.7 Å². The molecule has 1 heterocycles. The van der Waals surface area contributed by atoms with E-state index in [-0.39, 0.29) is 0 Å². The topological polar surface area (TPSA) is 50.9 Å². The lowest BCUT2D eigenvalue weighted by Crippen LogP contribution is -2.12. The lowest BCUT2D eigenvalue weighted by Gasteiger charge is -2.11. The fourth-order valence-corrected chi connectivity index (χ4v) is 2.13. The summed E-state index contributed by atoms with van der Waals surface area (Å²) in [4.78, 5) is 4.52. The highest BCUT2D eigenvalue weighted by atomic mass is 79.9. The Hall–Kier alpha value is -1.17. The fourth-order valence-electron chi connectivity index (χ4n) is 1.43. The maximum absolute atomic E-state index is 6.02. The normalized spacial score (nSPS) is 10.1. The second-order valence-corrected chi connectivity index (χ2v) is 5.13. The number of halogens is 2. The van der Waals surface area contributed by atoms with Gasteiger partial charge < -0.3 is 11.1 Å². The van der Waals surface area contributed by atoms with Crippen molar-refractivity contribution < 1.29 is 0 Å². The number of hydrogen-bond acceptors (Lipinski definition) is 3. The van der Waals surface area contributed by atoms with Crippen molar-refractivity contribution in [2.24, 2.45) is 5.73 Å². The first-order valence-electron chi connectivity index (χ1n) is 5.05.